The van der Waals surface area contributed by atoms with Crippen LogP contribution in [0.1, 0.15) is 28.0 Å². The molecule has 1 heterocycles. The number of nitrogens with zero attached hydrogens (tertiary/aromatic N) is 1. The van der Waals surface area contributed by atoms with E-state index in [9.17, 15) is 14.4 Å². The number of amides is 1. The number of fused-ring (bicyclic) bond motifs is 1. The summed E-state index contributed by atoms with van der Waals surface area (Å²) in [4.78, 5) is 13.2. The summed E-state index contributed by atoms with van der Waals surface area (Å²) < 4.78 is 12.8. The van der Waals surface area contributed by atoms with E-state index in [1.54, 1.807) is 18.2 Å². The van der Waals surface area contributed by atoms with Gasteiger partial charge in [0.1, 0.15) is 16.9 Å². The Labute approximate surface area is 131 Å². The van der Waals surface area contributed by atoms with E-state index in [-0.39, 0.29) is 11.7 Å². The summed E-state index contributed by atoms with van der Waals surface area (Å²) in [7, 11) is 0. The van der Waals surface area contributed by atoms with Crippen molar-refractivity contribution in [2.75, 3.05) is 5.32 Å². The number of thiophene rings is 1. The van der Waals surface area contributed by atoms with Crippen LogP contribution in [0.4, 0.5) is 9.39 Å². The highest BCUT2D eigenvalue weighted by atomic mass is 32.1. The zero-order chi connectivity index (χ0) is 15.5. The minimum atomic E-state index is -0.312. The molecule has 1 amide bonds. The number of rotatable bonds is 3. The molecule has 0 saturated carbocycles. The third-order valence-corrected chi connectivity index (χ3v) is 4.77. The Morgan fingerprint density at radius 1 is 1.32 bits per heavy atom. The van der Waals surface area contributed by atoms with Crippen molar-refractivity contribution in [3.8, 4) is 6.07 Å². The maximum absolute atomic E-state index is 12.8. The van der Waals surface area contributed by atoms with E-state index in [4.69, 9.17) is 0 Å². The maximum atomic E-state index is 12.8. The highest BCUT2D eigenvalue weighted by molar-refractivity contribution is 7.16. The molecule has 3 rings (SSSR count). The summed E-state index contributed by atoms with van der Waals surface area (Å²) in [6.45, 7) is 0. The number of nitrogens with one attached hydrogen (secondary N) is 1. The van der Waals surface area contributed by atoms with Gasteiger partial charge in [-0.25, -0.2) is 4.39 Å². The number of halogens is 1. The zero-order valence-electron chi connectivity index (χ0n) is 11.7. The van der Waals surface area contributed by atoms with Crippen LogP contribution in [0, 0.1) is 17.1 Å². The monoisotopic (exact) mass is 312 g/mol. The molecule has 1 aromatic carbocycles. The van der Waals surface area contributed by atoms with Gasteiger partial charge in [-0.2, -0.15) is 5.26 Å². The molecule has 0 spiro atoms. The van der Waals surface area contributed by atoms with Crippen molar-refractivity contribution in [3.63, 3.8) is 0 Å². The van der Waals surface area contributed by atoms with Crippen LogP contribution in [0.25, 0.3) is 6.08 Å². The number of benzene rings is 1. The van der Waals surface area contributed by atoms with Gasteiger partial charge in [0.05, 0.1) is 5.56 Å². The average Bonchev–Trinajstić information content (AvgIpc) is 3.07. The molecule has 0 radical (unpaired) electrons. The van der Waals surface area contributed by atoms with Crippen LogP contribution in [0.2, 0.25) is 0 Å². The predicted octanol–water partition coefficient (Wildman–Crippen LogP) is 3.90. The Bertz CT molecular complexity index is 784. The van der Waals surface area contributed by atoms with Crippen molar-refractivity contribution in [2.45, 2.75) is 19.3 Å². The van der Waals surface area contributed by atoms with Gasteiger partial charge in [0, 0.05) is 11.0 Å². The van der Waals surface area contributed by atoms with Crippen LogP contribution in [0.15, 0.2) is 30.3 Å². The number of hydrogen-bond donors (Lipinski definition) is 1. The molecule has 1 aliphatic rings. The number of anilines is 1. The van der Waals surface area contributed by atoms with Crippen molar-refractivity contribution in [1.29, 1.82) is 5.26 Å². The van der Waals surface area contributed by atoms with E-state index in [2.05, 4.69) is 11.4 Å². The van der Waals surface area contributed by atoms with Gasteiger partial charge >= 0.3 is 0 Å². The molecule has 0 unspecified atom stereocenters. The highest BCUT2D eigenvalue weighted by Gasteiger charge is 2.22. The quantitative estimate of drug-likeness (QED) is 0.874. The van der Waals surface area contributed by atoms with Gasteiger partial charge < -0.3 is 5.32 Å². The van der Waals surface area contributed by atoms with Crippen LogP contribution in [0.3, 0.4) is 0 Å². The Morgan fingerprint density at radius 3 is 2.82 bits per heavy atom. The Balaban J connectivity index is 1.72. The number of aryl methyl sites for hydroxylation is 1. The molecule has 0 fully saturated rings. The van der Waals surface area contributed by atoms with Crippen LogP contribution < -0.4 is 5.32 Å². The lowest BCUT2D eigenvalue weighted by Gasteiger charge is -2.00. The number of hydrogen-bond acceptors (Lipinski definition) is 3. The lowest BCUT2D eigenvalue weighted by Crippen LogP contribution is -2.07. The van der Waals surface area contributed by atoms with E-state index < -0.39 is 0 Å². The van der Waals surface area contributed by atoms with Crippen LogP contribution in [-0.2, 0) is 17.6 Å². The van der Waals surface area contributed by atoms with E-state index in [0.717, 1.165) is 30.4 Å². The molecule has 1 aromatic heterocycles. The van der Waals surface area contributed by atoms with Crippen LogP contribution in [-0.4, -0.2) is 5.91 Å². The average molecular weight is 312 g/mol. The molecule has 3 nitrogen and oxygen atoms in total. The Morgan fingerprint density at radius 2 is 2.09 bits per heavy atom. The molecule has 110 valence electrons. The minimum absolute atomic E-state index is 0.291. The first-order valence-electron chi connectivity index (χ1n) is 6.96. The smallest absolute Gasteiger partial charge is 0.249 e. The van der Waals surface area contributed by atoms with E-state index in [1.165, 1.54) is 34.4 Å². The predicted molar refractivity (Wildman–Crippen MR) is 85.1 cm³/mol. The third-order valence-electron chi connectivity index (χ3n) is 3.57. The van der Waals surface area contributed by atoms with E-state index >= 15 is 0 Å². The number of carbonyl (C=O) groups excluding carboxylic acids is 1. The Hall–Kier alpha value is -2.45. The fraction of sp³-hybridized carbons (Fsp3) is 0.176. The van der Waals surface area contributed by atoms with Crippen molar-refractivity contribution < 1.29 is 9.18 Å². The zero-order valence-corrected chi connectivity index (χ0v) is 12.5. The summed E-state index contributed by atoms with van der Waals surface area (Å²) in [5.74, 6) is -0.603. The highest BCUT2D eigenvalue weighted by Crippen LogP contribution is 2.38. The van der Waals surface area contributed by atoms with Gasteiger partial charge in [-0.15, -0.1) is 11.3 Å². The van der Waals surface area contributed by atoms with E-state index in [1.807, 2.05) is 0 Å². The second kappa shape index (κ2) is 6.12. The molecule has 0 saturated heterocycles. The summed E-state index contributed by atoms with van der Waals surface area (Å²) in [5.41, 5.74) is 2.43. The third kappa shape index (κ3) is 2.92. The number of nitriles is 1. The minimum Gasteiger partial charge on any atom is -0.313 e. The first kappa shape index (κ1) is 14.5. The lowest BCUT2D eigenvalue weighted by atomic mass is 10.1. The SMILES string of the molecule is N#Cc1c(NC(=O)/C=C/c2ccc(F)cc2)sc2c1CCC2. The number of carbonyl (C=O) groups is 1. The van der Waals surface area contributed by atoms with Crippen molar-refractivity contribution in [2.24, 2.45) is 0 Å². The molecule has 2 aromatic rings. The fourth-order valence-corrected chi connectivity index (χ4v) is 3.75. The van der Waals surface area contributed by atoms with Crippen LogP contribution in [0.5, 0.6) is 0 Å². The first-order valence-corrected chi connectivity index (χ1v) is 7.78. The van der Waals surface area contributed by atoms with Crippen molar-refractivity contribution >= 4 is 28.3 Å². The largest absolute Gasteiger partial charge is 0.313 e. The molecule has 22 heavy (non-hydrogen) atoms. The molecule has 0 atom stereocenters. The summed E-state index contributed by atoms with van der Waals surface area (Å²) >= 11 is 1.49. The van der Waals surface area contributed by atoms with Crippen molar-refractivity contribution in [3.05, 3.63) is 57.7 Å². The molecular formula is C17H13FN2OS. The molecular weight excluding hydrogens is 299 g/mol. The van der Waals surface area contributed by atoms with Crippen LogP contribution >= 0.6 is 11.3 Å². The maximum Gasteiger partial charge on any atom is 0.249 e. The molecule has 1 aliphatic carbocycles. The van der Waals surface area contributed by atoms with Gasteiger partial charge in [0.25, 0.3) is 0 Å². The van der Waals surface area contributed by atoms with Gasteiger partial charge in [0.15, 0.2) is 0 Å². The van der Waals surface area contributed by atoms with Gasteiger partial charge in [-0.1, -0.05) is 12.1 Å². The second-order valence-electron chi connectivity index (χ2n) is 5.05. The normalized spacial score (nSPS) is 13.1. The topological polar surface area (TPSA) is 52.9 Å². The first-order chi connectivity index (χ1) is 10.7. The summed E-state index contributed by atoms with van der Waals surface area (Å²) in [6, 6.07) is 8.07. The summed E-state index contributed by atoms with van der Waals surface area (Å²) in [6.07, 6.45) is 5.97. The standard InChI is InChI=1S/C17H13FN2OS/c18-12-7-4-11(5-8-12)6-9-16(21)20-17-14(10-19)13-2-1-3-15(13)22-17/h4-9H,1-3H2,(H,20,21)/b9-6+. The van der Waals surface area contributed by atoms with Gasteiger partial charge in [-0.05, 0) is 48.6 Å². The fourth-order valence-electron chi connectivity index (χ4n) is 2.51. The van der Waals surface area contributed by atoms with E-state index in [0.29, 0.717) is 10.6 Å². The summed E-state index contributed by atoms with van der Waals surface area (Å²) in [5, 5.41) is 12.7. The molecule has 5 heteroatoms. The van der Waals surface area contributed by atoms with Gasteiger partial charge in [0.2, 0.25) is 5.91 Å². The second-order valence-corrected chi connectivity index (χ2v) is 6.15. The van der Waals surface area contributed by atoms with Crippen molar-refractivity contribution in [1.82, 2.24) is 0 Å². The lowest BCUT2D eigenvalue weighted by molar-refractivity contribution is -0.111. The molecule has 0 aliphatic heterocycles. The molecule has 0 bridgehead atoms. The van der Waals surface area contributed by atoms with Gasteiger partial charge in [-0.3, -0.25) is 4.79 Å². The Kier molecular flexibility index (Phi) is 4.03. The molecule has 1 N–H and O–H groups in total.